The largest absolute Gasteiger partial charge is 0.383 e. The third kappa shape index (κ3) is 4.99. The molecule has 0 atom stereocenters. The molecule has 5 heteroatoms. The second kappa shape index (κ2) is 7.84. The molecular weight excluding hydrogens is 216 g/mol. The molecule has 3 N–H and O–H groups in total. The molecule has 0 aliphatic rings. The number of nitrogen functional groups attached to an aromatic ring is 1. The molecule has 0 bridgehead atoms. The van der Waals surface area contributed by atoms with Crippen molar-refractivity contribution < 1.29 is 4.74 Å². The normalized spacial score (nSPS) is 10.5. The van der Waals surface area contributed by atoms with Gasteiger partial charge < -0.3 is 15.8 Å². The van der Waals surface area contributed by atoms with Crippen LogP contribution < -0.4 is 11.1 Å². The number of aromatic nitrogens is 2. The summed E-state index contributed by atoms with van der Waals surface area (Å²) in [6, 6.07) is 0. The number of ether oxygens (including phenoxy) is 1. The van der Waals surface area contributed by atoms with E-state index in [9.17, 15) is 0 Å². The zero-order valence-electron chi connectivity index (χ0n) is 10.7. The summed E-state index contributed by atoms with van der Waals surface area (Å²) in [4.78, 5) is 8.06. The van der Waals surface area contributed by atoms with E-state index in [0.29, 0.717) is 5.82 Å². The van der Waals surface area contributed by atoms with Gasteiger partial charge in [-0.3, -0.25) is 0 Å². The van der Waals surface area contributed by atoms with Gasteiger partial charge in [0.25, 0.3) is 0 Å². The molecule has 0 unspecified atom stereocenters. The van der Waals surface area contributed by atoms with Crippen molar-refractivity contribution in [2.45, 2.75) is 33.1 Å². The molecule has 96 valence electrons. The third-order valence-electron chi connectivity index (χ3n) is 2.52. The minimum absolute atomic E-state index is 0.529. The highest BCUT2D eigenvalue weighted by molar-refractivity contribution is 5.53. The van der Waals surface area contributed by atoms with Gasteiger partial charge in [0.05, 0.1) is 0 Å². The van der Waals surface area contributed by atoms with Gasteiger partial charge in [-0.25, -0.2) is 9.97 Å². The van der Waals surface area contributed by atoms with Crippen molar-refractivity contribution in [3.05, 3.63) is 11.9 Å². The SMILES string of the molecule is CCCCOCCCNc1ncnc(N)c1C. The van der Waals surface area contributed by atoms with Gasteiger partial charge in [-0.1, -0.05) is 13.3 Å². The Labute approximate surface area is 103 Å². The van der Waals surface area contributed by atoms with Gasteiger partial charge in [-0.15, -0.1) is 0 Å². The van der Waals surface area contributed by atoms with Crippen molar-refractivity contribution in [1.82, 2.24) is 9.97 Å². The Hall–Kier alpha value is -1.36. The standard InChI is InChI=1S/C12H22N4O/c1-3-4-7-17-8-5-6-14-12-10(2)11(13)15-9-16-12/h9H,3-8H2,1-2H3,(H3,13,14,15,16). The van der Waals surface area contributed by atoms with Crippen LogP contribution in [0.1, 0.15) is 31.7 Å². The van der Waals surface area contributed by atoms with Crippen LogP contribution in [0.5, 0.6) is 0 Å². The summed E-state index contributed by atoms with van der Waals surface area (Å²) in [5.74, 6) is 1.34. The number of hydrogen-bond donors (Lipinski definition) is 2. The van der Waals surface area contributed by atoms with E-state index in [1.807, 2.05) is 6.92 Å². The molecule has 0 fully saturated rings. The highest BCUT2D eigenvalue weighted by Crippen LogP contribution is 2.14. The van der Waals surface area contributed by atoms with Gasteiger partial charge in [-0.2, -0.15) is 0 Å². The highest BCUT2D eigenvalue weighted by Gasteiger charge is 2.02. The molecule has 1 aromatic rings. The first-order valence-corrected chi connectivity index (χ1v) is 6.14. The lowest BCUT2D eigenvalue weighted by molar-refractivity contribution is 0.131. The van der Waals surface area contributed by atoms with E-state index in [2.05, 4.69) is 22.2 Å². The molecule has 0 saturated heterocycles. The minimum atomic E-state index is 0.529. The van der Waals surface area contributed by atoms with Crippen LogP contribution in [-0.2, 0) is 4.74 Å². The van der Waals surface area contributed by atoms with Crippen LogP contribution in [0.25, 0.3) is 0 Å². The van der Waals surface area contributed by atoms with Crippen molar-refractivity contribution in [3.8, 4) is 0 Å². The molecule has 1 rings (SSSR count). The van der Waals surface area contributed by atoms with Gasteiger partial charge >= 0.3 is 0 Å². The first-order chi connectivity index (χ1) is 8.25. The number of hydrogen-bond acceptors (Lipinski definition) is 5. The van der Waals surface area contributed by atoms with E-state index >= 15 is 0 Å². The maximum atomic E-state index is 5.69. The van der Waals surface area contributed by atoms with Crippen LogP contribution in [-0.4, -0.2) is 29.7 Å². The summed E-state index contributed by atoms with van der Waals surface area (Å²) in [6.07, 6.45) is 4.75. The van der Waals surface area contributed by atoms with Crippen molar-refractivity contribution in [3.63, 3.8) is 0 Å². The van der Waals surface area contributed by atoms with Gasteiger partial charge in [0.1, 0.15) is 18.0 Å². The Kier molecular flexibility index (Phi) is 6.32. The van der Waals surface area contributed by atoms with Gasteiger partial charge in [0, 0.05) is 25.3 Å². The summed E-state index contributed by atoms with van der Waals surface area (Å²) < 4.78 is 5.47. The molecule has 0 amide bonds. The van der Waals surface area contributed by atoms with Crippen LogP contribution in [0.15, 0.2) is 6.33 Å². The molecule has 1 aromatic heterocycles. The first kappa shape index (κ1) is 13.7. The fourth-order valence-electron chi connectivity index (χ4n) is 1.37. The van der Waals surface area contributed by atoms with Crippen LogP contribution in [0, 0.1) is 6.92 Å². The lowest BCUT2D eigenvalue weighted by Gasteiger charge is -2.09. The molecule has 5 nitrogen and oxygen atoms in total. The average molecular weight is 238 g/mol. The number of anilines is 2. The second-order valence-electron chi connectivity index (χ2n) is 3.98. The average Bonchev–Trinajstić information content (AvgIpc) is 2.33. The Balaban J connectivity index is 2.16. The Bertz CT molecular complexity index is 330. The lowest BCUT2D eigenvalue weighted by Crippen LogP contribution is -2.10. The lowest BCUT2D eigenvalue weighted by atomic mass is 10.3. The monoisotopic (exact) mass is 238 g/mol. The molecule has 17 heavy (non-hydrogen) atoms. The number of nitrogens with zero attached hydrogens (tertiary/aromatic N) is 2. The zero-order valence-corrected chi connectivity index (χ0v) is 10.7. The molecule has 0 spiro atoms. The Morgan fingerprint density at radius 3 is 2.82 bits per heavy atom. The van der Waals surface area contributed by atoms with Crippen molar-refractivity contribution in [2.24, 2.45) is 0 Å². The molecule has 0 saturated carbocycles. The quantitative estimate of drug-likeness (QED) is 0.677. The van der Waals surface area contributed by atoms with Crippen molar-refractivity contribution in [1.29, 1.82) is 0 Å². The number of nitrogens with one attached hydrogen (secondary N) is 1. The van der Waals surface area contributed by atoms with E-state index in [-0.39, 0.29) is 0 Å². The Morgan fingerprint density at radius 2 is 2.06 bits per heavy atom. The molecule has 0 radical (unpaired) electrons. The maximum absolute atomic E-state index is 5.69. The van der Waals surface area contributed by atoms with Gasteiger partial charge in [-0.05, 0) is 19.8 Å². The second-order valence-corrected chi connectivity index (χ2v) is 3.98. The summed E-state index contributed by atoms with van der Waals surface area (Å²) in [5, 5.41) is 3.23. The number of nitrogens with two attached hydrogens (primary N) is 1. The van der Waals surface area contributed by atoms with E-state index in [0.717, 1.165) is 44.0 Å². The molecule has 0 aliphatic heterocycles. The van der Waals surface area contributed by atoms with Gasteiger partial charge in [0.15, 0.2) is 0 Å². The van der Waals surface area contributed by atoms with Crippen LogP contribution in [0.3, 0.4) is 0 Å². The Morgan fingerprint density at radius 1 is 1.29 bits per heavy atom. The summed E-state index contributed by atoms with van der Waals surface area (Å²) in [5.41, 5.74) is 6.59. The maximum Gasteiger partial charge on any atom is 0.134 e. The third-order valence-corrected chi connectivity index (χ3v) is 2.52. The predicted octanol–water partition coefficient (Wildman–Crippen LogP) is 1.99. The summed E-state index contributed by atoms with van der Waals surface area (Å²) in [6.45, 7) is 6.55. The molecular formula is C12H22N4O. The number of unbranched alkanes of at least 4 members (excludes halogenated alkanes) is 1. The smallest absolute Gasteiger partial charge is 0.134 e. The number of rotatable bonds is 8. The molecule has 1 heterocycles. The molecule has 0 aromatic carbocycles. The topological polar surface area (TPSA) is 73.1 Å². The van der Waals surface area contributed by atoms with Crippen molar-refractivity contribution in [2.75, 3.05) is 30.8 Å². The predicted molar refractivity (Wildman–Crippen MR) is 70.0 cm³/mol. The zero-order chi connectivity index (χ0) is 12.5. The highest BCUT2D eigenvalue weighted by atomic mass is 16.5. The van der Waals surface area contributed by atoms with E-state index < -0.39 is 0 Å². The fourth-order valence-corrected chi connectivity index (χ4v) is 1.37. The minimum Gasteiger partial charge on any atom is -0.383 e. The molecule has 0 aliphatic carbocycles. The van der Waals surface area contributed by atoms with E-state index in [1.165, 1.54) is 12.7 Å². The van der Waals surface area contributed by atoms with Crippen LogP contribution >= 0.6 is 0 Å². The summed E-state index contributed by atoms with van der Waals surface area (Å²) >= 11 is 0. The van der Waals surface area contributed by atoms with E-state index in [4.69, 9.17) is 10.5 Å². The van der Waals surface area contributed by atoms with Crippen LogP contribution in [0.4, 0.5) is 11.6 Å². The van der Waals surface area contributed by atoms with Crippen molar-refractivity contribution >= 4 is 11.6 Å². The summed E-state index contributed by atoms with van der Waals surface area (Å²) in [7, 11) is 0. The first-order valence-electron chi connectivity index (χ1n) is 6.14. The van der Waals surface area contributed by atoms with Gasteiger partial charge in [0.2, 0.25) is 0 Å². The van der Waals surface area contributed by atoms with Crippen LogP contribution in [0.2, 0.25) is 0 Å². The fraction of sp³-hybridized carbons (Fsp3) is 0.667. The van der Waals surface area contributed by atoms with E-state index in [1.54, 1.807) is 0 Å².